The molecule has 0 amide bonds. The summed E-state index contributed by atoms with van der Waals surface area (Å²) in [5.74, 6) is -0.803. The zero-order valence-electron chi connectivity index (χ0n) is 8.72. The number of H-pyrrole nitrogens is 1. The van der Waals surface area contributed by atoms with E-state index in [0.717, 1.165) is 12.1 Å². The number of rotatable bonds is 1. The van der Waals surface area contributed by atoms with Crippen molar-refractivity contribution in [1.82, 2.24) is 9.97 Å². The van der Waals surface area contributed by atoms with Crippen LogP contribution in [0.15, 0.2) is 24.4 Å². The maximum atomic E-state index is 13.0. The molecule has 0 fully saturated rings. The van der Waals surface area contributed by atoms with E-state index < -0.39 is 17.7 Å². The zero-order valence-corrected chi connectivity index (χ0v) is 8.72. The van der Waals surface area contributed by atoms with Crippen molar-refractivity contribution in [2.45, 2.75) is 6.18 Å². The molecular weight excluding hydrogens is 250 g/mol. The van der Waals surface area contributed by atoms with Crippen molar-refractivity contribution < 1.29 is 17.6 Å². The van der Waals surface area contributed by atoms with Gasteiger partial charge in [-0.25, -0.2) is 9.37 Å². The van der Waals surface area contributed by atoms with Crippen LogP contribution in [-0.4, -0.2) is 9.97 Å². The molecule has 0 spiro atoms. The van der Waals surface area contributed by atoms with E-state index in [9.17, 15) is 17.6 Å². The average Bonchev–Trinajstić information content (AvgIpc) is 2.78. The molecule has 1 N–H and O–H groups in total. The first-order valence-corrected chi connectivity index (χ1v) is 4.74. The molecule has 3 nitrogen and oxygen atoms in total. The number of hydrogen-bond acceptors (Lipinski definition) is 2. The molecule has 0 radical (unpaired) electrons. The van der Waals surface area contributed by atoms with Crippen molar-refractivity contribution in [3.8, 4) is 17.5 Å². The summed E-state index contributed by atoms with van der Waals surface area (Å²) in [7, 11) is 0. The molecule has 1 heterocycles. The summed E-state index contributed by atoms with van der Waals surface area (Å²) in [5, 5.41) is 8.62. The van der Waals surface area contributed by atoms with Gasteiger partial charge in [0.2, 0.25) is 0 Å². The van der Waals surface area contributed by atoms with E-state index in [1.54, 1.807) is 6.07 Å². The maximum Gasteiger partial charge on any atom is 0.432 e. The molecule has 18 heavy (non-hydrogen) atoms. The van der Waals surface area contributed by atoms with E-state index in [4.69, 9.17) is 5.26 Å². The van der Waals surface area contributed by atoms with E-state index >= 15 is 0 Å². The fraction of sp³-hybridized carbons (Fsp3) is 0.0909. The fourth-order valence-corrected chi connectivity index (χ4v) is 1.37. The Labute approximate surface area is 98.7 Å². The lowest BCUT2D eigenvalue weighted by atomic mass is 10.1. The van der Waals surface area contributed by atoms with Crippen molar-refractivity contribution in [3.05, 3.63) is 41.5 Å². The lowest BCUT2D eigenvalue weighted by molar-refractivity contribution is -0.140. The molecule has 0 saturated heterocycles. The Kier molecular flexibility index (Phi) is 2.79. The minimum absolute atomic E-state index is 0.0705. The van der Waals surface area contributed by atoms with Crippen LogP contribution in [0.5, 0.6) is 0 Å². The number of nitrogens with zero attached hydrogens (tertiary/aromatic N) is 2. The molecule has 0 bridgehead atoms. The Morgan fingerprint density at radius 3 is 2.56 bits per heavy atom. The number of alkyl halides is 3. The second-order valence-electron chi connectivity index (χ2n) is 3.45. The first-order chi connectivity index (χ1) is 8.41. The van der Waals surface area contributed by atoms with Gasteiger partial charge in [0.25, 0.3) is 0 Å². The highest BCUT2D eigenvalue weighted by Gasteiger charge is 2.33. The van der Waals surface area contributed by atoms with Crippen LogP contribution in [0.25, 0.3) is 11.4 Å². The monoisotopic (exact) mass is 255 g/mol. The number of aromatic amines is 1. The van der Waals surface area contributed by atoms with Crippen LogP contribution in [0.4, 0.5) is 17.6 Å². The summed E-state index contributed by atoms with van der Waals surface area (Å²) in [5.41, 5.74) is -1.04. The van der Waals surface area contributed by atoms with E-state index in [-0.39, 0.29) is 17.0 Å². The Hall–Kier alpha value is -2.36. The number of halogens is 4. The summed E-state index contributed by atoms with van der Waals surface area (Å²) in [6.07, 6.45) is -3.88. The van der Waals surface area contributed by atoms with Crippen molar-refractivity contribution >= 4 is 0 Å². The Balaban J connectivity index is 2.44. The highest BCUT2D eigenvalue weighted by molar-refractivity contribution is 5.58. The summed E-state index contributed by atoms with van der Waals surface area (Å²) < 4.78 is 50.1. The van der Waals surface area contributed by atoms with Gasteiger partial charge in [0.05, 0.1) is 11.8 Å². The van der Waals surface area contributed by atoms with Crippen LogP contribution >= 0.6 is 0 Å². The fourth-order valence-electron chi connectivity index (χ4n) is 1.37. The van der Waals surface area contributed by atoms with Gasteiger partial charge in [0.1, 0.15) is 23.4 Å². The molecule has 1 aromatic carbocycles. The number of aromatic nitrogens is 2. The van der Waals surface area contributed by atoms with Gasteiger partial charge in [-0.15, -0.1) is 0 Å². The molecule has 0 aliphatic rings. The number of imidazole rings is 1. The van der Waals surface area contributed by atoms with Crippen molar-refractivity contribution in [2.75, 3.05) is 0 Å². The second kappa shape index (κ2) is 4.14. The minimum Gasteiger partial charge on any atom is -0.334 e. The Morgan fingerprint density at radius 2 is 2.00 bits per heavy atom. The molecule has 2 rings (SSSR count). The van der Waals surface area contributed by atoms with Gasteiger partial charge in [-0.05, 0) is 18.2 Å². The van der Waals surface area contributed by atoms with Crippen LogP contribution in [0.2, 0.25) is 0 Å². The predicted octanol–water partition coefficient (Wildman–Crippen LogP) is 3.11. The molecule has 0 aliphatic heterocycles. The number of nitrogens with one attached hydrogen (secondary N) is 1. The average molecular weight is 255 g/mol. The summed E-state index contributed by atoms with van der Waals surface area (Å²) in [6.45, 7) is 0. The topological polar surface area (TPSA) is 52.5 Å². The van der Waals surface area contributed by atoms with E-state index in [2.05, 4.69) is 9.97 Å². The summed E-state index contributed by atoms with van der Waals surface area (Å²) >= 11 is 0. The normalized spacial score (nSPS) is 11.3. The molecule has 2 aromatic rings. The minimum atomic E-state index is -4.52. The van der Waals surface area contributed by atoms with Crippen LogP contribution in [0.1, 0.15) is 11.3 Å². The number of benzene rings is 1. The van der Waals surface area contributed by atoms with Crippen LogP contribution in [0, 0.1) is 17.1 Å². The number of nitriles is 1. The lowest BCUT2D eigenvalue weighted by Crippen LogP contribution is -2.04. The molecule has 7 heteroatoms. The third-order valence-corrected chi connectivity index (χ3v) is 2.24. The van der Waals surface area contributed by atoms with Gasteiger partial charge in [0.15, 0.2) is 0 Å². The van der Waals surface area contributed by atoms with Gasteiger partial charge in [-0.3, -0.25) is 0 Å². The van der Waals surface area contributed by atoms with Gasteiger partial charge in [-0.1, -0.05) is 0 Å². The highest BCUT2D eigenvalue weighted by atomic mass is 19.4. The van der Waals surface area contributed by atoms with Gasteiger partial charge < -0.3 is 4.98 Å². The zero-order chi connectivity index (χ0) is 13.3. The van der Waals surface area contributed by atoms with Crippen LogP contribution in [-0.2, 0) is 6.18 Å². The van der Waals surface area contributed by atoms with Crippen molar-refractivity contribution in [3.63, 3.8) is 0 Å². The molecule has 0 aliphatic carbocycles. The smallest absolute Gasteiger partial charge is 0.334 e. The Morgan fingerprint density at radius 1 is 1.28 bits per heavy atom. The van der Waals surface area contributed by atoms with E-state index in [1.165, 1.54) is 6.07 Å². The highest BCUT2D eigenvalue weighted by Crippen LogP contribution is 2.29. The predicted molar refractivity (Wildman–Crippen MR) is 53.7 cm³/mol. The van der Waals surface area contributed by atoms with Crippen molar-refractivity contribution in [2.24, 2.45) is 0 Å². The van der Waals surface area contributed by atoms with E-state index in [0.29, 0.717) is 6.20 Å². The molecule has 0 saturated carbocycles. The second-order valence-corrected chi connectivity index (χ2v) is 3.45. The largest absolute Gasteiger partial charge is 0.432 e. The summed E-state index contributed by atoms with van der Waals surface area (Å²) in [4.78, 5) is 5.62. The Bertz CT molecular complexity index is 622. The first-order valence-electron chi connectivity index (χ1n) is 4.74. The summed E-state index contributed by atoms with van der Waals surface area (Å²) in [6, 6.07) is 4.99. The standard InChI is InChI=1S/C11H5F4N3/c12-8-2-1-6(3-7(8)4-16)10-17-5-9(18-10)11(13,14)15/h1-3,5H,(H,17,18). The quantitative estimate of drug-likeness (QED) is 0.796. The molecule has 0 unspecified atom stereocenters. The van der Waals surface area contributed by atoms with Crippen molar-refractivity contribution in [1.29, 1.82) is 5.26 Å². The SMILES string of the molecule is N#Cc1cc(-c2ncc(C(F)(F)F)[nH]2)ccc1F. The van der Waals surface area contributed by atoms with Gasteiger partial charge >= 0.3 is 6.18 Å². The van der Waals surface area contributed by atoms with E-state index in [1.807, 2.05) is 0 Å². The molecular formula is C11H5F4N3. The van der Waals surface area contributed by atoms with Crippen LogP contribution in [0.3, 0.4) is 0 Å². The lowest BCUT2D eigenvalue weighted by Gasteiger charge is -2.02. The molecule has 92 valence electrons. The third-order valence-electron chi connectivity index (χ3n) is 2.24. The molecule has 0 atom stereocenters. The van der Waals surface area contributed by atoms with Gasteiger partial charge in [-0.2, -0.15) is 18.4 Å². The maximum absolute atomic E-state index is 13.0. The third kappa shape index (κ3) is 2.18. The van der Waals surface area contributed by atoms with Gasteiger partial charge in [0, 0.05) is 5.56 Å². The first kappa shape index (κ1) is 12.1. The number of hydrogen-bond donors (Lipinski definition) is 1. The molecule has 1 aromatic heterocycles. The van der Waals surface area contributed by atoms with Crippen LogP contribution < -0.4 is 0 Å².